The van der Waals surface area contributed by atoms with Gasteiger partial charge in [0.1, 0.15) is 0 Å². The zero-order valence-corrected chi connectivity index (χ0v) is 14.1. The number of nitrogens with one attached hydrogen (secondary N) is 1. The van der Waals surface area contributed by atoms with E-state index in [0.29, 0.717) is 18.2 Å². The summed E-state index contributed by atoms with van der Waals surface area (Å²) in [7, 11) is 2.13. The molecule has 0 spiro atoms. The number of halogens is 1. The van der Waals surface area contributed by atoms with Crippen molar-refractivity contribution < 1.29 is 4.74 Å². The molecule has 2 atom stereocenters. The summed E-state index contributed by atoms with van der Waals surface area (Å²) >= 11 is 6.21. The van der Waals surface area contributed by atoms with Crippen molar-refractivity contribution in [1.82, 2.24) is 10.2 Å². The third-order valence-electron chi connectivity index (χ3n) is 3.86. The number of likely N-dealkylation sites (N-methyl/N-ethyl adjacent to an activating group) is 1. The van der Waals surface area contributed by atoms with Crippen molar-refractivity contribution in [3.05, 3.63) is 34.9 Å². The van der Waals surface area contributed by atoms with Crippen LogP contribution >= 0.6 is 11.6 Å². The fourth-order valence-corrected chi connectivity index (χ4v) is 2.96. The van der Waals surface area contributed by atoms with E-state index in [1.165, 1.54) is 5.56 Å². The molecule has 4 heteroatoms. The highest BCUT2D eigenvalue weighted by molar-refractivity contribution is 6.31. The van der Waals surface area contributed by atoms with Gasteiger partial charge in [-0.25, -0.2) is 0 Å². The van der Waals surface area contributed by atoms with E-state index in [2.05, 4.69) is 37.2 Å². The van der Waals surface area contributed by atoms with Gasteiger partial charge in [-0.15, -0.1) is 0 Å². The van der Waals surface area contributed by atoms with E-state index in [9.17, 15) is 0 Å². The SMILES string of the molecule is CC(C)NCC1CCC(CN(C)Cc2ccccc2Cl)O1. The molecule has 118 valence electrons. The molecule has 0 aromatic heterocycles. The van der Waals surface area contributed by atoms with Crippen molar-refractivity contribution in [1.29, 1.82) is 0 Å². The van der Waals surface area contributed by atoms with Crippen LogP contribution in [0.15, 0.2) is 24.3 Å². The molecule has 0 bridgehead atoms. The van der Waals surface area contributed by atoms with Gasteiger partial charge in [-0.3, -0.25) is 4.90 Å². The zero-order chi connectivity index (χ0) is 15.2. The van der Waals surface area contributed by atoms with E-state index in [0.717, 1.165) is 37.5 Å². The molecule has 0 aliphatic carbocycles. The molecular weight excluding hydrogens is 284 g/mol. The highest BCUT2D eigenvalue weighted by Crippen LogP contribution is 2.21. The predicted molar refractivity (Wildman–Crippen MR) is 88.8 cm³/mol. The Morgan fingerprint density at radius 2 is 2.00 bits per heavy atom. The predicted octanol–water partition coefficient (Wildman–Crippen LogP) is 3.32. The summed E-state index contributed by atoms with van der Waals surface area (Å²) in [5, 5.41) is 4.30. The van der Waals surface area contributed by atoms with Crippen LogP contribution in [0.4, 0.5) is 0 Å². The van der Waals surface area contributed by atoms with E-state index >= 15 is 0 Å². The quantitative estimate of drug-likeness (QED) is 0.836. The molecule has 0 saturated carbocycles. The summed E-state index contributed by atoms with van der Waals surface area (Å²) in [6.45, 7) is 7.13. The van der Waals surface area contributed by atoms with Gasteiger partial charge in [-0.1, -0.05) is 43.6 Å². The Labute approximate surface area is 133 Å². The van der Waals surface area contributed by atoms with Gasteiger partial charge >= 0.3 is 0 Å². The molecule has 1 heterocycles. The third kappa shape index (κ3) is 5.59. The third-order valence-corrected chi connectivity index (χ3v) is 4.23. The molecule has 3 nitrogen and oxygen atoms in total. The number of rotatable bonds is 7. The van der Waals surface area contributed by atoms with E-state index in [4.69, 9.17) is 16.3 Å². The zero-order valence-electron chi connectivity index (χ0n) is 13.3. The number of hydrogen-bond acceptors (Lipinski definition) is 3. The fourth-order valence-electron chi connectivity index (χ4n) is 2.76. The second-order valence-electron chi connectivity index (χ2n) is 6.31. The van der Waals surface area contributed by atoms with Gasteiger partial charge in [0.05, 0.1) is 12.2 Å². The minimum Gasteiger partial charge on any atom is -0.372 e. The molecule has 0 radical (unpaired) electrons. The molecule has 1 aromatic rings. The lowest BCUT2D eigenvalue weighted by Crippen LogP contribution is -2.34. The lowest BCUT2D eigenvalue weighted by molar-refractivity contribution is 0.0259. The number of nitrogens with zero attached hydrogens (tertiary/aromatic N) is 1. The van der Waals surface area contributed by atoms with E-state index in [1.54, 1.807) is 0 Å². The Kier molecular flexibility index (Phi) is 6.49. The molecule has 2 unspecified atom stereocenters. The maximum absolute atomic E-state index is 6.21. The van der Waals surface area contributed by atoms with Crippen LogP contribution in [0, 0.1) is 0 Å². The first-order valence-electron chi connectivity index (χ1n) is 7.85. The highest BCUT2D eigenvalue weighted by atomic mass is 35.5. The standard InChI is InChI=1S/C17H27ClN2O/c1-13(2)19-10-15-8-9-16(21-15)12-20(3)11-14-6-4-5-7-17(14)18/h4-7,13,15-16,19H,8-12H2,1-3H3. The van der Waals surface area contributed by atoms with Gasteiger partial charge < -0.3 is 10.1 Å². The van der Waals surface area contributed by atoms with Crippen LogP contribution in [0.25, 0.3) is 0 Å². The van der Waals surface area contributed by atoms with Gasteiger partial charge in [0, 0.05) is 30.7 Å². The summed E-state index contributed by atoms with van der Waals surface area (Å²) in [5.41, 5.74) is 1.18. The summed E-state index contributed by atoms with van der Waals surface area (Å²) in [4.78, 5) is 2.30. The average Bonchev–Trinajstić information content (AvgIpc) is 2.86. The fraction of sp³-hybridized carbons (Fsp3) is 0.647. The van der Waals surface area contributed by atoms with Gasteiger partial charge in [0.15, 0.2) is 0 Å². The number of hydrogen-bond donors (Lipinski definition) is 1. The molecule has 1 fully saturated rings. The molecule has 1 aliphatic rings. The van der Waals surface area contributed by atoms with Crippen LogP contribution in [0.1, 0.15) is 32.3 Å². The summed E-state index contributed by atoms with van der Waals surface area (Å²) < 4.78 is 6.11. The van der Waals surface area contributed by atoms with Gasteiger partial charge in [0.2, 0.25) is 0 Å². The Balaban J connectivity index is 1.74. The topological polar surface area (TPSA) is 24.5 Å². The van der Waals surface area contributed by atoms with Crippen LogP contribution in [-0.4, -0.2) is 43.3 Å². The molecule has 1 aliphatic heterocycles. The van der Waals surface area contributed by atoms with E-state index in [-0.39, 0.29) is 0 Å². The molecule has 2 rings (SSSR count). The minimum absolute atomic E-state index is 0.344. The van der Waals surface area contributed by atoms with Gasteiger partial charge in [0.25, 0.3) is 0 Å². The first kappa shape index (κ1) is 16.8. The van der Waals surface area contributed by atoms with Crippen LogP contribution < -0.4 is 5.32 Å². The number of benzene rings is 1. The van der Waals surface area contributed by atoms with Crippen LogP contribution in [0.2, 0.25) is 5.02 Å². The Morgan fingerprint density at radius 1 is 1.29 bits per heavy atom. The van der Waals surface area contributed by atoms with Crippen molar-refractivity contribution in [3.63, 3.8) is 0 Å². The molecule has 21 heavy (non-hydrogen) atoms. The normalized spacial score (nSPS) is 22.4. The average molecular weight is 311 g/mol. The number of ether oxygens (including phenoxy) is 1. The monoisotopic (exact) mass is 310 g/mol. The van der Waals surface area contributed by atoms with Crippen LogP contribution in [0.3, 0.4) is 0 Å². The maximum Gasteiger partial charge on any atom is 0.0707 e. The van der Waals surface area contributed by atoms with Crippen molar-refractivity contribution in [2.45, 2.75) is 51.5 Å². The Morgan fingerprint density at radius 3 is 2.71 bits per heavy atom. The first-order valence-corrected chi connectivity index (χ1v) is 8.23. The second kappa shape index (κ2) is 8.14. The maximum atomic E-state index is 6.21. The lowest BCUT2D eigenvalue weighted by Gasteiger charge is -2.22. The first-order chi connectivity index (χ1) is 10.0. The summed E-state index contributed by atoms with van der Waals surface area (Å²) in [5.74, 6) is 0. The highest BCUT2D eigenvalue weighted by Gasteiger charge is 2.26. The molecular formula is C17H27ClN2O. The van der Waals surface area contributed by atoms with Crippen molar-refractivity contribution >= 4 is 11.6 Å². The lowest BCUT2D eigenvalue weighted by atomic mass is 10.1. The molecule has 1 aromatic carbocycles. The second-order valence-corrected chi connectivity index (χ2v) is 6.72. The van der Waals surface area contributed by atoms with Crippen molar-refractivity contribution in [2.24, 2.45) is 0 Å². The largest absolute Gasteiger partial charge is 0.372 e. The smallest absolute Gasteiger partial charge is 0.0707 e. The van der Waals surface area contributed by atoms with Crippen molar-refractivity contribution in [2.75, 3.05) is 20.1 Å². The van der Waals surface area contributed by atoms with Crippen LogP contribution in [-0.2, 0) is 11.3 Å². The summed E-state index contributed by atoms with van der Waals surface area (Å²) in [6.07, 6.45) is 3.02. The Bertz CT molecular complexity index is 439. The summed E-state index contributed by atoms with van der Waals surface area (Å²) in [6, 6.07) is 8.57. The molecule has 1 saturated heterocycles. The van der Waals surface area contributed by atoms with Gasteiger partial charge in [-0.05, 0) is 31.5 Å². The minimum atomic E-state index is 0.344. The molecule has 1 N–H and O–H groups in total. The van der Waals surface area contributed by atoms with E-state index < -0.39 is 0 Å². The van der Waals surface area contributed by atoms with E-state index in [1.807, 2.05) is 18.2 Å². The Hall–Kier alpha value is -0.610. The van der Waals surface area contributed by atoms with Crippen LogP contribution in [0.5, 0.6) is 0 Å². The van der Waals surface area contributed by atoms with Crippen molar-refractivity contribution in [3.8, 4) is 0 Å². The molecule has 0 amide bonds. The van der Waals surface area contributed by atoms with Gasteiger partial charge in [-0.2, -0.15) is 0 Å².